The summed E-state index contributed by atoms with van der Waals surface area (Å²) in [7, 11) is 4.18. The molecule has 0 aliphatic carbocycles. The average Bonchev–Trinajstić information content (AvgIpc) is 2.83. The van der Waals surface area contributed by atoms with Crippen molar-refractivity contribution in [3.63, 3.8) is 0 Å². The molecule has 2 aromatic rings. The molecule has 35 heavy (non-hydrogen) atoms. The zero-order valence-electron chi connectivity index (χ0n) is 20.0. The van der Waals surface area contributed by atoms with Crippen molar-refractivity contribution in [1.29, 1.82) is 0 Å². The highest BCUT2D eigenvalue weighted by Crippen LogP contribution is 2.07. The van der Waals surface area contributed by atoms with Crippen molar-refractivity contribution in [2.45, 2.75) is 45.9 Å². The van der Waals surface area contributed by atoms with Gasteiger partial charge in [0.15, 0.2) is 0 Å². The number of unbranched alkanes of at least 4 members (excludes halogenated alkanes) is 1. The van der Waals surface area contributed by atoms with Crippen LogP contribution >= 0.6 is 0 Å². The standard InChI is InChI=1S/C26H34N4O4.CH4/c1-19(31)24(26(33)29-34)28-25(32)23-14-12-21(13-15-23)7-6-20-8-10-22(11-9-20)18-27-16-4-5-17-30(2)3;/h8-15,19,24,27,31,34H,4-5,16-18H2,1-3H3,(H,28,32)(H,29,33);1H4/t19-,24+;/m1./s1. The van der Waals surface area contributed by atoms with Gasteiger partial charge >= 0.3 is 0 Å². The molecule has 190 valence electrons. The lowest BCUT2D eigenvalue weighted by atomic mass is 10.1. The van der Waals surface area contributed by atoms with E-state index in [1.807, 2.05) is 12.1 Å². The Morgan fingerprint density at radius 2 is 1.54 bits per heavy atom. The second-order valence-electron chi connectivity index (χ2n) is 8.38. The third-order valence-electron chi connectivity index (χ3n) is 5.15. The van der Waals surface area contributed by atoms with Gasteiger partial charge in [-0.3, -0.25) is 14.8 Å². The van der Waals surface area contributed by atoms with Gasteiger partial charge in [0.25, 0.3) is 11.8 Å². The van der Waals surface area contributed by atoms with E-state index in [1.165, 1.54) is 24.4 Å². The first-order valence-corrected chi connectivity index (χ1v) is 11.3. The summed E-state index contributed by atoms with van der Waals surface area (Å²) in [6.45, 7) is 4.28. The molecule has 0 aliphatic heterocycles. The molecule has 2 atom stereocenters. The van der Waals surface area contributed by atoms with Gasteiger partial charge in [0.05, 0.1) is 6.10 Å². The lowest BCUT2D eigenvalue weighted by Gasteiger charge is -2.19. The Bertz CT molecular complexity index is 977. The molecule has 0 heterocycles. The van der Waals surface area contributed by atoms with E-state index >= 15 is 0 Å². The smallest absolute Gasteiger partial charge is 0.268 e. The monoisotopic (exact) mass is 482 g/mol. The topological polar surface area (TPSA) is 114 Å². The molecular formula is C27H38N4O4. The molecule has 0 unspecified atom stereocenters. The van der Waals surface area contributed by atoms with E-state index < -0.39 is 24.0 Å². The van der Waals surface area contributed by atoms with Crippen LogP contribution in [-0.2, 0) is 11.3 Å². The van der Waals surface area contributed by atoms with Gasteiger partial charge in [-0.05, 0) is 88.9 Å². The minimum Gasteiger partial charge on any atom is -0.391 e. The number of amides is 2. The number of benzene rings is 2. The molecule has 0 saturated heterocycles. The zero-order chi connectivity index (χ0) is 24.9. The molecule has 8 nitrogen and oxygen atoms in total. The third-order valence-corrected chi connectivity index (χ3v) is 5.15. The number of nitrogens with zero attached hydrogens (tertiary/aromatic N) is 1. The predicted molar refractivity (Wildman–Crippen MR) is 138 cm³/mol. The maximum absolute atomic E-state index is 12.3. The Kier molecular flexibility index (Phi) is 13.3. The van der Waals surface area contributed by atoms with Crippen molar-refractivity contribution in [1.82, 2.24) is 21.0 Å². The summed E-state index contributed by atoms with van der Waals surface area (Å²) >= 11 is 0. The summed E-state index contributed by atoms with van der Waals surface area (Å²) in [4.78, 5) is 26.1. The molecule has 2 aromatic carbocycles. The van der Waals surface area contributed by atoms with Gasteiger partial charge in [0.1, 0.15) is 6.04 Å². The van der Waals surface area contributed by atoms with Crippen LogP contribution in [0.4, 0.5) is 0 Å². The Morgan fingerprint density at radius 3 is 2.06 bits per heavy atom. The highest BCUT2D eigenvalue weighted by Gasteiger charge is 2.25. The number of hydrogen-bond donors (Lipinski definition) is 5. The van der Waals surface area contributed by atoms with Gasteiger partial charge in [-0.1, -0.05) is 31.4 Å². The minimum atomic E-state index is -1.27. The Hall–Kier alpha value is -3.22. The molecule has 0 aromatic heterocycles. The molecule has 0 radical (unpaired) electrons. The highest BCUT2D eigenvalue weighted by molar-refractivity contribution is 5.97. The lowest BCUT2D eigenvalue weighted by Crippen LogP contribution is -2.51. The second-order valence-corrected chi connectivity index (χ2v) is 8.38. The number of carbonyl (C=O) groups is 2. The van der Waals surface area contributed by atoms with E-state index in [-0.39, 0.29) is 7.43 Å². The molecule has 2 amide bonds. The third kappa shape index (κ3) is 10.7. The van der Waals surface area contributed by atoms with Crippen LogP contribution in [0.5, 0.6) is 0 Å². The fourth-order valence-corrected chi connectivity index (χ4v) is 3.17. The van der Waals surface area contributed by atoms with Gasteiger partial charge in [-0.25, -0.2) is 5.48 Å². The van der Waals surface area contributed by atoms with Crippen LogP contribution < -0.4 is 16.1 Å². The lowest BCUT2D eigenvalue weighted by molar-refractivity contribution is -0.133. The van der Waals surface area contributed by atoms with Crippen LogP contribution in [0.3, 0.4) is 0 Å². The van der Waals surface area contributed by atoms with Gasteiger partial charge in [0, 0.05) is 23.2 Å². The predicted octanol–water partition coefficient (Wildman–Crippen LogP) is 2.14. The maximum Gasteiger partial charge on any atom is 0.268 e. The fraction of sp³-hybridized carbons (Fsp3) is 0.407. The van der Waals surface area contributed by atoms with Crippen molar-refractivity contribution in [2.75, 3.05) is 27.2 Å². The van der Waals surface area contributed by atoms with E-state index in [4.69, 9.17) is 5.21 Å². The van der Waals surface area contributed by atoms with Crippen LogP contribution in [0.1, 0.15) is 54.2 Å². The molecule has 0 saturated carbocycles. The molecule has 0 bridgehead atoms. The maximum atomic E-state index is 12.3. The quantitative estimate of drug-likeness (QED) is 0.145. The SMILES string of the molecule is C.C[C@@H](O)[C@H](NC(=O)c1ccc(C#Cc2ccc(CNCCCCN(C)C)cc2)cc1)C(=O)NO. The van der Waals surface area contributed by atoms with Gasteiger partial charge < -0.3 is 20.6 Å². The van der Waals surface area contributed by atoms with Crippen LogP contribution in [0.25, 0.3) is 0 Å². The first kappa shape index (κ1) is 29.8. The van der Waals surface area contributed by atoms with Gasteiger partial charge in [-0.2, -0.15) is 0 Å². The van der Waals surface area contributed by atoms with Crippen LogP contribution in [-0.4, -0.2) is 66.4 Å². The second kappa shape index (κ2) is 15.6. The number of hydroxylamine groups is 1. The first-order valence-electron chi connectivity index (χ1n) is 11.3. The van der Waals surface area contributed by atoms with E-state index in [0.717, 1.165) is 37.2 Å². The van der Waals surface area contributed by atoms with Crippen molar-refractivity contribution < 1.29 is 19.9 Å². The molecule has 0 fully saturated rings. The van der Waals surface area contributed by atoms with Crippen molar-refractivity contribution in [3.8, 4) is 11.8 Å². The van der Waals surface area contributed by atoms with E-state index in [2.05, 4.69) is 53.6 Å². The Balaban J connectivity index is 0.00000612. The zero-order valence-corrected chi connectivity index (χ0v) is 20.0. The highest BCUT2D eigenvalue weighted by atomic mass is 16.5. The molecular weight excluding hydrogens is 444 g/mol. The number of rotatable bonds is 11. The van der Waals surface area contributed by atoms with Crippen molar-refractivity contribution >= 4 is 11.8 Å². The van der Waals surface area contributed by atoms with Gasteiger partial charge in [-0.15, -0.1) is 0 Å². The summed E-state index contributed by atoms with van der Waals surface area (Å²) < 4.78 is 0. The Morgan fingerprint density at radius 1 is 0.971 bits per heavy atom. The fourth-order valence-electron chi connectivity index (χ4n) is 3.17. The summed E-state index contributed by atoms with van der Waals surface area (Å²) in [5.74, 6) is 4.74. The number of aliphatic hydroxyl groups is 1. The molecule has 5 N–H and O–H groups in total. The van der Waals surface area contributed by atoms with E-state index in [1.54, 1.807) is 24.3 Å². The van der Waals surface area contributed by atoms with Crippen molar-refractivity contribution in [2.24, 2.45) is 0 Å². The first-order chi connectivity index (χ1) is 16.3. The summed E-state index contributed by atoms with van der Waals surface area (Å²) in [5, 5.41) is 24.2. The van der Waals surface area contributed by atoms with Crippen LogP contribution in [0.2, 0.25) is 0 Å². The largest absolute Gasteiger partial charge is 0.391 e. The molecule has 0 spiro atoms. The number of nitrogens with one attached hydrogen (secondary N) is 3. The normalized spacial score (nSPS) is 12.1. The van der Waals surface area contributed by atoms with Crippen LogP contribution in [0, 0.1) is 11.8 Å². The van der Waals surface area contributed by atoms with Crippen LogP contribution in [0.15, 0.2) is 48.5 Å². The number of carbonyl (C=O) groups excluding carboxylic acids is 2. The number of aliphatic hydroxyl groups excluding tert-OH is 1. The van der Waals surface area contributed by atoms with Crippen molar-refractivity contribution in [3.05, 3.63) is 70.8 Å². The average molecular weight is 483 g/mol. The number of hydrogen-bond acceptors (Lipinski definition) is 6. The minimum absolute atomic E-state index is 0. The Labute approximate surface area is 208 Å². The molecule has 0 aliphatic rings. The summed E-state index contributed by atoms with van der Waals surface area (Å²) in [6, 6.07) is 13.4. The molecule has 8 heteroatoms. The molecule has 2 rings (SSSR count). The van der Waals surface area contributed by atoms with Gasteiger partial charge in [0.2, 0.25) is 0 Å². The summed E-state index contributed by atoms with van der Waals surface area (Å²) in [6.07, 6.45) is 1.17. The van der Waals surface area contributed by atoms with E-state index in [9.17, 15) is 14.7 Å². The summed E-state index contributed by atoms with van der Waals surface area (Å²) in [5.41, 5.74) is 4.58. The van der Waals surface area contributed by atoms with E-state index in [0.29, 0.717) is 5.56 Å².